The van der Waals surface area contributed by atoms with Crippen LogP contribution in [0.2, 0.25) is 5.02 Å². The molecule has 0 saturated heterocycles. The zero-order valence-electron chi connectivity index (χ0n) is 11.1. The number of rotatable bonds is 4. The topological polar surface area (TPSA) is 51.2 Å². The Hall–Kier alpha value is -1.88. The van der Waals surface area contributed by atoms with Crippen molar-refractivity contribution in [3.63, 3.8) is 0 Å². The van der Waals surface area contributed by atoms with E-state index in [0.717, 1.165) is 22.3 Å². The second kappa shape index (κ2) is 5.85. The van der Waals surface area contributed by atoms with Crippen LogP contribution in [0.25, 0.3) is 11.0 Å². The molecule has 3 rings (SSSR count). The van der Waals surface area contributed by atoms with E-state index in [-0.39, 0.29) is 11.9 Å². The van der Waals surface area contributed by atoms with Gasteiger partial charge in [0.15, 0.2) is 0 Å². The summed E-state index contributed by atoms with van der Waals surface area (Å²) in [7, 11) is 0. The Labute approximate surface area is 126 Å². The molecule has 0 spiro atoms. The molecule has 0 fully saturated rings. The highest BCUT2D eigenvalue weighted by atomic mass is 35.5. The first kappa shape index (κ1) is 14.1. The second-order valence-corrected chi connectivity index (χ2v) is 5.25. The van der Waals surface area contributed by atoms with Crippen molar-refractivity contribution in [3.05, 3.63) is 70.7 Å². The van der Waals surface area contributed by atoms with Crippen molar-refractivity contribution in [2.45, 2.75) is 12.5 Å². The number of hydrazine groups is 1. The van der Waals surface area contributed by atoms with Gasteiger partial charge in [-0.25, -0.2) is 9.82 Å². The average Bonchev–Trinajstić information content (AvgIpc) is 2.90. The molecular weight excluding hydrogens is 291 g/mol. The van der Waals surface area contributed by atoms with Crippen LogP contribution in [-0.4, -0.2) is 0 Å². The number of benzene rings is 2. The fraction of sp³-hybridized carbons (Fsp3) is 0.125. The van der Waals surface area contributed by atoms with Gasteiger partial charge in [0, 0.05) is 10.4 Å². The van der Waals surface area contributed by atoms with Crippen LogP contribution >= 0.6 is 11.6 Å². The van der Waals surface area contributed by atoms with E-state index in [0.29, 0.717) is 11.4 Å². The van der Waals surface area contributed by atoms with Gasteiger partial charge in [0.2, 0.25) is 0 Å². The highest BCUT2D eigenvalue weighted by Crippen LogP contribution is 2.28. The molecule has 0 saturated carbocycles. The van der Waals surface area contributed by atoms with Crippen molar-refractivity contribution >= 4 is 22.6 Å². The summed E-state index contributed by atoms with van der Waals surface area (Å²) in [5.41, 5.74) is 4.33. The van der Waals surface area contributed by atoms with E-state index in [1.165, 1.54) is 12.1 Å². The number of para-hydroxylation sites is 1. The van der Waals surface area contributed by atoms with Gasteiger partial charge in [-0.3, -0.25) is 5.84 Å². The zero-order valence-corrected chi connectivity index (χ0v) is 11.9. The molecule has 3 N–H and O–H groups in total. The summed E-state index contributed by atoms with van der Waals surface area (Å²) in [6, 6.07) is 13.8. The van der Waals surface area contributed by atoms with E-state index in [4.69, 9.17) is 21.9 Å². The summed E-state index contributed by atoms with van der Waals surface area (Å²) in [5.74, 6) is 5.99. The van der Waals surface area contributed by atoms with Gasteiger partial charge in [-0.1, -0.05) is 35.9 Å². The van der Waals surface area contributed by atoms with Gasteiger partial charge >= 0.3 is 0 Å². The Balaban J connectivity index is 1.90. The number of nitrogens with one attached hydrogen (secondary N) is 1. The molecule has 0 radical (unpaired) electrons. The van der Waals surface area contributed by atoms with Crippen LogP contribution < -0.4 is 11.3 Å². The van der Waals surface area contributed by atoms with Crippen molar-refractivity contribution in [1.29, 1.82) is 0 Å². The largest absolute Gasteiger partial charge is 0.459 e. The monoisotopic (exact) mass is 304 g/mol. The van der Waals surface area contributed by atoms with Crippen molar-refractivity contribution in [3.8, 4) is 0 Å². The van der Waals surface area contributed by atoms with E-state index in [9.17, 15) is 4.39 Å². The highest BCUT2D eigenvalue weighted by Gasteiger charge is 2.17. The van der Waals surface area contributed by atoms with E-state index < -0.39 is 0 Å². The van der Waals surface area contributed by atoms with E-state index in [2.05, 4.69) is 5.43 Å². The van der Waals surface area contributed by atoms with Crippen molar-refractivity contribution < 1.29 is 8.81 Å². The zero-order chi connectivity index (χ0) is 14.8. The Morgan fingerprint density at radius 3 is 2.71 bits per heavy atom. The van der Waals surface area contributed by atoms with Crippen molar-refractivity contribution in [2.75, 3.05) is 0 Å². The first-order valence-electron chi connectivity index (χ1n) is 6.56. The number of halogens is 2. The molecular formula is C16H14ClFN2O. The predicted octanol–water partition coefficient (Wildman–Crippen LogP) is 3.97. The maximum atomic E-state index is 13.1. The molecule has 0 aliphatic carbocycles. The van der Waals surface area contributed by atoms with E-state index >= 15 is 0 Å². The minimum absolute atomic E-state index is 0.236. The molecule has 108 valence electrons. The summed E-state index contributed by atoms with van der Waals surface area (Å²) in [6.45, 7) is 0. The molecule has 0 amide bonds. The number of furan rings is 1. The Bertz CT molecular complexity index is 739. The Morgan fingerprint density at radius 2 is 2.00 bits per heavy atom. The highest BCUT2D eigenvalue weighted by molar-refractivity contribution is 6.31. The molecule has 0 aliphatic rings. The molecule has 3 aromatic rings. The molecule has 21 heavy (non-hydrogen) atoms. The van der Waals surface area contributed by atoms with Gasteiger partial charge in [0.05, 0.1) is 6.04 Å². The minimum atomic E-state index is -0.357. The lowest BCUT2D eigenvalue weighted by Gasteiger charge is -2.14. The number of fused-ring (bicyclic) bond motifs is 1. The standard InChI is InChI=1S/C16H14ClFN2O/c17-13-9-12(18)6-5-10(13)7-14(20-19)16-8-11-3-1-2-4-15(11)21-16/h1-6,8-9,14,20H,7,19H2. The van der Waals surface area contributed by atoms with Crippen LogP contribution in [0.3, 0.4) is 0 Å². The quantitative estimate of drug-likeness (QED) is 0.566. The molecule has 2 aromatic carbocycles. The summed E-state index contributed by atoms with van der Waals surface area (Å²) in [4.78, 5) is 0. The van der Waals surface area contributed by atoms with Gasteiger partial charge in [0.25, 0.3) is 0 Å². The fourth-order valence-corrected chi connectivity index (χ4v) is 2.57. The van der Waals surface area contributed by atoms with Crippen LogP contribution in [0, 0.1) is 5.82 Å². The van der Waals surface area contributed by atoms with Crippen LogP contribution in [-0.2, 0) is 6.42 Å². The maximum Gasteiger partial charge on any atom is 0.134 e. The first-order valence-corrected chi connectivity index (χ1v) is 6.93. The average molecular weight is 305 g/mol. The summed E-state index contributed by atoms with van der Waals surface area (Å²) < 4.78 is 18.9. The minimum Gasteiger partial charge on any atom is -0.459 e. The molecule has 1 heterocycles. The van der Waals surface area contributed by atoms with E-state index in [1.807, 2.05) is 30.3 Å². The predicted molar refractivity (Wildman–Crippen MR) is 81.4 cm³/mol. The summed E-state index contributed by atoms with van der Waals surface area (Å²) >= 11 is 6.06. The maximum absolute atomic E-state index is 13.1. The summed E-state index contributed by atoms with van der Waals surface area (Å²) in [5, 5.41) is 1.39. The molecule has 5 heteroatoms. The van der Waals surface area contributed by atoms with Crippen LogP contribution in [0.5, 0.6) is 0 Å². The van der Waals surface area contributed by atoms with Crippen molar-refractivity contribution in [1.82, 2.24) is 5.43 Å². The number of nitrogens with two attached hydrogens (primary N) is 1. The van der Waals surface area contributed by atoms with Gasteiger partial charge < -0.3 is 4.42 Å². The summed E-state index contributed by atoms with van der Waals surface area (Å²) in [6.07, 6.45) is 0.509. The Morgan fingerprint density at radius 1 is 1.19 bits per heavy atom. The molecule has 0 aliphatic heterocycles. The third-order valence-electron chi connectivity index (χ3n) is 3.43. The molecule has 0 bridgehead atoms. The van der Waals surface area contributed by atoms with Gasteiger partial charge in [0.1, 0.15) is 17.2 Å². The molecule has 1 unspecified atom stereocenters. The van der Waals surface area contributed by atoms with Crippen LogP contribution in [0.1, 0.15) is 17.4 Å². The van der Waals surface area contributed by atoms with Gasteiger partial charge in [-0.2, -0.15) is 0 Å². The lowest BCUT2D eigenvalue weighted by atomic mass is 10.0. The molecule has 1 atom stereocenters. The lowest BCUT2D eigenvalue weighted by Crippen LogP contribution is -2.29. The van der Waals surface area contributed by atoms with Gasteiger partial charge in [-0.15, -0.1) is 0 Å². The number of hydrogen-bond acceptors (Lipinski definition) is 3. The number of hydrogen-bond donors (Lipinski definition) is 2. The SMILES string of the molecule is NNC(Cc1ccc(F)cc1Cl)c1cc2ccccc2o1. The van der Waals surface area contributed by atoms with Crippen molar-refractivity contribution in [2.24, 2.45) is 5.84 Å². The third-order valence-corrected chi connectivity index (χ3v) is 3.78. The smallest absolute Gasteiger partial charge is 0.134 e. The molecule has 3 nitrogen and oxygen atoms in total. The first-order chi connectivity index (χ1) is 10.2. The van der Waals surface area contributed by atoms with Crippen LogP contribution in [0.15, 0.2) is 52.9 Å². The second-order valence-electron chi connectivity index (χ2n) is 4.85. The molecule has 1 aromatic heterocycles. The van der Waals surface area contributed by atoms with E-state index in [1.54, 1.807) is 6.07 Å². The normalized spacial score (nSPS) is 12.7. The lowest BCUT2D eigenvalue weighted by molar-refractivity contribution is 0.434. The third kappa shape index (κ3) is 2.93. The van der Waals surface area contributed by atoms with Crippen LogP contribution in [0.4, 0.5) is 4.39 Å². The Kier molecular flexibility index (Phi) is 3.92. The fourth-order valence-electron chi connectivity index (χ4n) is 2.32. The van der Waals surface area contributed by atoms with Gasteiger partial charge in [-0.05, 0) is 36.2 Å².